The van der Waals surface area contributed by atoms with Gasteiger partial charge in [-0.05, 0) is 75.2 Å². The third-order valence-electron chi connectivity index (χ3n) is 5.60. The average molecular weight is 490 g/mol. The molecule has 1 atom stereocenters. The van der Waals surface area contributed by atoms with Gasteiger partial charge in [-0.15, -0.1) is 24.5 Å². The molecule has 1 aliphatic rings. The van der Waals surface area contributed by atoms with Crippen molar-refractivity contribution >= 4 is 27.2 Å². The van der Waals surface area contributed by atoms with Crippen molar-refractivity contribution in [2.45, 2.75) is 39.2 Å². The van der Waals surface area contributed by atoms with Crippen molar-refractivity contribution in [1.82, 2.24) is 16.0 Å². The Morgan fingerprint density at radius 3 is 2.34 bits per heavy atom. The van der Waals surface area contributed by atoms with Gasteiger partial charge in [-0.1, -0.05) is 54.6 Å². The predicted octanol–water partition coefficient (Wildman–Crippen LogP) is 5.94. The first-order valence-corrected chi connectivity index (χ1v) is 12.9. The maximum absolute atomic E-state index is 12.3. The van der Waals surface area contributed by atoms with Gasteiger partial charge in [-0.2, -0.15) is 0 Å². The maximum atomic E-state index is 12.3. The number of rotatable bonds is 9. The monoisotopic (exact) mass is 489 g/mol. The van der Waals surface area contributed by atoms with Crippen LogP contribution >= 0.6 is 11.3 Å². The molecule has 0 amide bonds. The summed E-state index contributed by atoms with van der Waals surface area (Å²) < 4.78 is 1.32. The number of hydrogen-bond acceptors (Lipinski definition) is 5. The molecule has 1 aromatic heterocycles. The Balaban J connectivity index is 0.000000803. The molecule has 186 valence electrons. The molecule has 4 rings (SSSR count). The van der Waals surface area contributed by atoms with Crippen LogP contribution in [0.25, 0.3) is 10.1 Å². The molecule has 0 saturated carbocycles. The number of allylic oxidation sites excluding steroid dienone is 2. The molecule has 0 saturated heterocycles. The zero-order valence-corrected chi connectivity index (χ0v) is 22.4. The van der Waals surface area contributed by atoms with Crippen LogP contribution in [0.2, 0.25) is 0 Å². The molecule has 0 aliphatic heterocycles. The van der Waals surface area contributed by atoms with Crippen molar-refractivity contribution in [1.29, 1.82) is 0 Å². The number of nitrogens with one attached hydrogen (secondary N) is 3. The van der Waals surface area contributed by atoms with Gasteiger partial charge in [0.15, 0.2) is 0 Å². The van der Waals surface area contributed by atoms with Crippen LogP contribution in [0.15, 0.2) is 90.6 Å². The highest BCUT2D eigenvalue weighted by Crippen LogP contribution is 2.28. The lowest BCUT2D eigenvalue weighted by Crippen LogP contribution is -2.42. The second-order valence-electron chi connectivity index (χ2n) is 8.58. The summed E-state index contributed by atoms with van der Waals surface area (Å²) in [5.41, 5.74) is 6.10. The van der Waals surface area contributed by atoms with Crippen molar-refractivity contribution in [3.63, 3.8) is 0 Å². The Morgan fingerprint density at radius 2 is 1.66 bits per heavy atom. The lowest BCUT2D eigenvalue weighted by molar-refractivity contribution is -0.113. The van der Waals surface area contributed by atoms with Gasteiger partial charge in [0, 0.05) is 22.9 Å². The van der Waals surface area contributed by atoms with E-state index in [-0.39, 0.29) is 11.8 Å². The van der Waals surface area contributed by atoms with Gasteiger partial charge in [0.1, 0.15) is 5.70 Å². The van der Waals surface area contributed by atoms with Gasteiger partial charge in [-0.3, -0.25) is 4.79 Å². The van der Waals surface area contributed by atoms with Gasteiger partial charge >= 0.3 is 0 Å². The summed E-state index contributed by atoms with van der Waals surface area (Å²) in [7, 11) is 3.75. The first-order valence-electron chi connectivity index (χ1n) is 12.0. The largest absolute Gasteiger partial charge is 0.380 e. The second-order valence-corrected chi connectivity index (χ2v) is 9.49. The van der Waals surface area contributed by atoms with Crippen molar-refractivity contribution < 1.29 is 4.79 Å². The molecular formula is C30H39N3OS. The van der Waals surface area contributed by atoms with Gasteiger partial charge in [-0.25, -0.2) is 0 Å². The molecule has 0 bridgehead atoms. The third-order valence-corrected chi connectivity index (χ3v) is 6.61. The number of hydrogen-bond donors (Lipinski definition) is 3. The number of thiophene rings is 1. The summed E-state index contributed by atoms with van der Waals surface area (Å²) in [5, 5.41) is 13.2. The summed E-state index contributed by atoms with van der Waals surface area (Å²) in [4.78, 5) is 12.3. The summed E-state index contributed by atoms with van der Waals surface area (Å²) >= 11 is 1.78. The summed E-state index contributed by atoms with van der Waals surface area (Å²) in [6.45, 7) is 15.0. The lowest BCUT2D eigenvalue weighted by Gasteiger charge is -2.29. The topological polar surface area (TPSA) is 53.2 Å². The molecule has 2 aromatic carbocycles. The number of fused-ring (bicyclic) bond motifs is 1. The molecular weight excluding hydrogens is 450 g/mol. The summed E-state index contributed by atoms with van der Waals surface area (Å²) in [6.07, 6.45) is 2.89. The van der Waals surface area contributed by atoms with E-state index in [1.807, 2.05) is 14.1 Å². The molecule has 0 spiro atoms. The smallest absolute Gasteiger partial charge is 0.212 e. The highest BCUT2D eigenvalue weighted by atomic mass is 32.1. The summed E-state index contributed by atoms with van der Waals surface area (Å²) in [6, 6.07) is 17.4. The molecule has 3 aromatic rings. The quantitative estimate of drug-likeness (QED) is 0.198. The molecule has 1 unspecified atom stereocenters. The Labute approximate surface area is 214 Å². The Bertz CT molecular complexity index is 1140. The normalized spacial score (nSPS) is 13.3. The fourth-order valence-electron chi connectivity index (χ4n) is 3.87. The Kier molecular flexibility index (Phi) is 11.5. The molecule has 1 aliphatic carbocycles. The van der Waals surface area contributed by atoms with E-state index < -0.39 is 0 Å². The van der Waals surface area contributed by atoms with Crippen LogP contribution in [0, 0.1) is 6.92 Å². The molecule has 5 heteroatoms. The molecule has 0 radical (unpaired) electrons. The molecule has 4 nitrogen and oxygen atoms in total. The third kappa shape index (κ3) is 7.67. The predicted molar refractivity (Wildman–Crippen MR) is 153 cm³/mol. The standard InChI is InChI=1S/C26H28N2OS.C2H7N.C2H4/c1-17-10-12-20(13-11-17)7-6-14-27-25-24(19(3)26(25)29)28-18(2)15-21-16-30-23-9-5-4-8-22(21)23;1-3-2;1-2/h4-5,8-13,16,18,27-28H,3,6-7,14-15H2,1-2H3;3H,1-2H3;1-2H2. The van der Waals surface area contributed by atoms with Gasteiger partial charge in [0.2, 0.25) is 5.78 Å². The minimum atomic E-state index is 0.0287. The minimum Gasteiger partial charge on any atom is -0.380 e. The van der Waals surface area contributed by atoms with E-state index in [1.54, 1.807) is 11.3 Å². The minimum absolute atomic E-state index is 0.0287. The first-order chi connectivity index (χ1) is 16.9. The summed E-state index contributed by atoms with van der Waals surface area (Å²) in [5.74, 6) is 0.0287. The van der Waals surface area contributed by atoms with Gasteiger partial charge in [0.05, 0.1) is 5.70 Å². The zero-order valence-electron chi connectivity index (χ0n) is 21.5. The number of carbonyl (C=O) groups is 1. The van der Waals surface area contributed by atoms with Crippen molar-refractivity contribution in [2.75, 3.05) is 20.6 Å². The number of aryl methyl sites for hydroxylation is 2. The van der Waals surface area contributed by atoms with Crippen molar-refractivity contribution in [2.24, 2.45) is 0 Å². The van der Waals surface area contributed by atoms with Crippen LogP contribution < -0.4 is 16.0 Å². The van der Waals surface area contributed by atoms with E-state index in [0.717, 1.165) is 31.5 Å². The van der Waals surface area contributed by atoms with E-state index in [0.29, 0.717) is 11.3 Å². The molecule has 0 fully saturated rings. The molecule has 3 N–H and O–H groups in total. The maximum Gasteiger partial charge on any atom is 0.212 e. The van der Waals surface area contributed by atoms with E-state index in [2.05, 4.69) is 103 Å². The number of benzene rings is 2. The van der Waals surface area contributed by atoms with Crippen LogP contribution in [-0.4, -0.2) is 32.5 Å². The van der Waals surface area contributed by atoms with Gasteiger partial charge < -0.3 is 16.0 Å². The van der Waals surface area contributed by atoms with Crippen LogP contribution in [0.1, 0.15) is 30.0 Å². The van der Waals surface area contributed by atoms with Crippen LogP contribution in [0.4, 0.5) is 0 Å². The molecule has 1 heterocycles. The molecule has 35 heavy (non-hydrogen) atoms. The lowest BCUT2D eigenvalue weighted by atomic mass is 9.91. The fraction of sp³-hybridized carbons (Fsp3) is 0.300. The highest BCUT2D eigenvalue weighted by Gasteiger charge is 2.32. The van der Waals surface area contributed by atoms with E-state index in [1.165, 1.54) is 26.8 Å². The SMILES string of the molecule is C=C.C=C1C(=O)C(NCCCc2ccc(C)cc2)=C1NC(C)Cc1csc2ccccc12.CNC. The van der Waals surface area contributed by atoms with Crippen LogP contribution in [-0.2, 0) is 17.6 Å². The fourth-order valence-corrected chi connectivity index (χ4v) is 4.85. The second kappa shape index (κ2) is 14.3. The van der Waals surface area contributed by atoms with E-state index in [9.17, 15) is 4.79 Å². The van der Waals surface area contributed by atoms with E-state index >= 15 is 0 Å². The van der Waals surface area contributed by atoms with Crippen molar-refractivity contribution in [3.8, 4) is 0 Å². The number of ketones is 1. The zero-order chi connectivity index (χ0) is 25.8. The average Bonchev–Trinajstić information content (AvgIpc) is 3.28. The number of Topliss-reactive ketones (excluding diaryl/α,β-unsaturated/α-hetero) is 1. The number of carbonyl (C=O) groups excluding carboxylic acids is 1. The highest BCUT2D eigenvalue weighted by molar-refractivity contribution is 7.17. The van der Waals surface area contributed by atoms with Crippen LogP contribution in [0.3, 0.4) is 0 Å². The van der Waals surface area contributed by atoms with Gasteiger partial charge in [0.25, 0.3) is 0 Å². The van der Waals surface area contributed by atoms with Crippen LogP contribution in [0.5, 0.6) is 0 Å². The Hall–Kier alpha value is -3.15. The Morgan fingerprint density at radius 1 is 1.00 bits per heavy atom. The van der Waals surface area contributed by atoms with Crippen molar-refractivity contribution in [3.05, 3.63) is 107 Å². The first kappa shape index (κ1) is 28.1. The van der Waals surface area contributed by atoms with E-state index in [4.69, 9.17) is 0 Å².